The Morgan fingerprint density at radius 1 is 1.05 bits per heavy atom. The van der Waals surface area contributed by atoms with Gasteiger partial charge in [-0.2, -0.15) is 0 Å². The zero-order valence-corrected chi connectivity index (χ0v) is 13.3. The Hall–Kier alpha value is -1.11. The molecule has 2 N–H and O–H groups in total. The summed E-state index contributed by atoms with van der Waals surface area (Å²) < 4.78 is 26.9. The maximum absolute atomic E-state index is 12.1. The van der Waals surface area contributed by atoms with Crippen molar-refractivity contribution < 1.29 is 8.42 Å². The van der Waals surface area contributed by atoms with Crippen LogP contribution in [0.1, 0.15) is 20.8 Å². The fraction of sp³-hybridized carbons (Fsp3) is 0.571. The van der Waals surface area contributed by atoms with Crippen LogP contribution in [0.2, 0.25) is 0 Å². The summed E-state index contributed by atoms with van der Waals surface area (Å²) in [5.41, 5.74) is 0.926. The van der Waals surface area contributed by atoms with Crippen LogP contribution in [0.15, 0.2) is 29.2 Å². The highest BCUT2D eigenvalue weighted by atomic mass is 32.2. The Labute approximate surface area is 122 Å². The summed E-state index contributed by atoms with van der Waals surface area (Å²) in [5.74, 6) is 0. The van der Waals surface area contributed by atoms with Gasteiger partial charge >= 0.3 is 0 Å². The molecule has 0 radical (unpaired) electrons. The van der Waals surface area contributed by atoms with Gasteiger partial charge in [0.15, 0.2) is 0 Å². The summed E-state index contributed by atoms with van der Waals surface area (Å²) in [6.45, 7) is 9.95. The average molecular weight is 299 g/mol. The van der Waals surface area contributed by atoms with E-state index in [1.807, 2.05) is 6.92 Å². The predicted molar refractivity (Wildman–Crippen MR) is 83.6 cm³/mol. The van der Waals surface area contributed by atoms with Crippen molar-refractivity contribution in [2.24, 2.45) is 0 Å². The highest BCUT2D eigenvalue weighted by molar-refractivity contribution is 7.89. The number of nitrogens with zero attached hydrogens (tertiary/aromatic N) is 1. The Kier molecular flexibility index (Phi) is 6.98. The molecule has 0 aliphatic rings. The van der Waals surface area contributed by atoms with Gasteiger partial charge in [0.05, 0.1) is 4.90 Å². The van der Waals surface area contributed by atoms with Crippen molar-refractivity contribution in [1.82, 2.24) is 9.62 Å². The van der Waals surface area contributed by atoms with Gasteiger partial charge in [0, 0.05) is 25.3 Å². The minimum absolute atomic E-state index is 0.304. The summed E-state index contributed by atoms with van der Waals surface area (Å²) in [6.07, 6.45) is 0. The molecule has 0 heterocycles. The van der Waals surface area contributed by atoms with E-state index in [-0.39, 0.29) is 0 Å². The number of nitrogens with one attached hydrogen (secondary N) is 2. The number of hydrogen-bond donors (Lipinski definition) is 2. The molecule has 0 spiro atoms. The Bertz CT molecular complexity index is 482. The SMILES string of the molecule is CCNc1ccc(S(=O)(=O)NCCN(CC)CC)cc1. The van der Waals surface area contributed by atoms with Gasteiger partial charge in [0.2, 0.25) is 10.0 Å². The molecule has 114 valence electrons. The lowest BCUT2D eigenvalue weighted by Gasteiger charge is -2.18. The van der Waals surface area contributed by atoms with Crippen molar-refractivity contribution in [2.75, 3.05) is 38.0 Å². The molecule has 0 saturated carbocycles. The predicted octanol–water partition coefficient (Wildman–Crippen LogP) is 1.74. The molecule has 1 aromatic rings. The van der Waals surface area contributed by atoms with E-state index in [1.165, 1.54) is 0 Å². The van der Waals surface area contributed by atoms with E-state index in [9.17, 15) is 8.42 Å². The molecule has 5 nitrogen and oxygen atoms in total. The summed E-state index contributed by atoms with van der Waals surface area (Å²) in [6, 6.07) is 6.81. The molecule has 0 unspecified atom stereocenters. The smallest absolute Gasteiger partial charge is 0.240 e. The van der Waals surface area contributed by atoms with Crippen LogP contribution in [0, 0.1) is 0 Å². The molecule has 0 aliphatic heterocycles. The summed E-state index contributed by atoms with van der Waals surface area (Å²) in [4.78, 5) is 2.48. The lowest BCUT2D eigenvalue weighted by atomic mass is 10.3. The molecule has 6 heteroatoms. The average Bonchev–Trinajstić information content (AvgIpc) is 2.44. The molecule has 1 aromatic carbocycles. The van der Waals surface area contributed by atoms with Crippen molar-refractivity contribution in [3.05, 3.63) is 24.3 Å². The van der Waals surface area contributed by atoms with Crippen molar-refractivity contribution in [2.45, 2.75) is 25.7 Å². The molecule has 0 aliphatic carbocycles. The zero-order valence-electron chi connectivity index (χ0n) is 12.5. The third-order valence-electron chi connectivity index (χ3n) is 3.16. The molecule has 0 saturated heterocycles. The van der Waals surface area contributed by atoms with E-state index < -0.39 is 10.0 Å². The number of likely N-dealkylation sites (N-methyl/N-ethyl adjacent to an activating group) is 1. The van der Waals surface area contributed by atoms with Gasteiger partial charge in [-0.15, -0.1) is 0 Å². The molecule has 1 rings (SSSR count). The fourth-order valence-electron chi connectivity index (χ4n) is 1.92. The first-order valence-corrected chi connectivity index (χ1v) is 8.57. The van der Waals surface area contributed by atoms with Crippen LogP contribution in [0.4, 0.5) is 5.69 Å². The lowest BCUT2D eigenvalue weighted by molar-refractivity contribution is 0.309. The Morgan fingerprint density at radius 2 is 1.65 bits per heavy atom. The van der Waals surface area contributed by atoms with Gasteiger partial charge in [-0.25, -0.2) is 13.1 Å². The molecular formula is C14H25N3O2S. The Morgan fingerprint density at radius 3 is 2.15 bits per heavy atom. The van der Waals surface area contributed by atoms with Crippen LogP contribution in [0.25, 0.3) is 0 Å². The van der Waals surface area contributed by atoms with E-state index in [4.69, 9.17) is 0 Å². The first-order valence-electron chi connectivity index (χ1n) is 7.09. The number of sulfonamides is 1. The molecule has 20 heavy (non-hydrogen) atoms. The monoisotopic (exact) mass is 299 g/mol. The second kappa shape index (κ2) is 8.24. The first kappa shape index (κ1) is 16.9. The van der Waals surface area contributed by atoms with E-state index in [2.05, 4.69) is 28.8 Å². The number of anilines is 1. The normalized spacial score (nSPS) is 11.8. The van der Waals surface area contributed by atoms with Gasteiger partial charge in [-0.1, -0.05) is 13.8 Å². The van der Waals surface area contributed by atoms with Crippen molar-refractivity contribution in [3.8, 4) is 0 Å². The van der Waals surface area contributed by atoms with Gasteiger partial charge in [-0.05, 0) is 44.3 Å². The van der Waals surface area contributed by atoms with Crippen LogP contribution in [0.3, 0.4) is 0 Å². The van der Waals surface area contributed by atoms with Gasteiger partial charge in [0.1, 0.15) is 0 Å². The van der Waals surface area contributed by atoms with Crippen LogP contribution in [0.5, 0.6) is 0 Å². The van der Waals surface area contributed by atoms with Gasteiger partial charge in [0.25, 0.3) is 0 Å². The number of hydrogen-bond acceptors (Lipinski definition) is 4. The molecule has 0 amide bonds. The maximum atomic E-state index is 12.1. The highest BCUT2D eigenvalue weighted by Gasteiger charge is 2.13. The standard InChI is InChI=1S/C14H25N3O2S/c1-4-15-13-7-9-14(10-8-13)20(18,19)16-11-12-17(5-2)6-3/h7-10,15-16H,4-6,11-12H2,1-3H3. The highest BCUT2D eigenvalue weighted by Crippen LogP contribution is 2.13. The van der Waals surface area contributed by atoms with Gasteiger partial charge in [-0.3, -0.25) is 0 Å². The minimum atomic E-state index is -3.41. The van der Waals surface area contributed by atoms with E-state index in [1.54, 1.807) is 24.3 Å². The largest absolute Gasteiger partial charge is 0.385 e. The second-order valence-corrected chi connectivity index (χ2v) is 6.25. The van der Waals surface area contributed by atoms with Crippen LogP contribution in [-0.4, -0.2) is 46.0 Å². The van der Waals surface area contributed by atoms with Crippen molar-refractivity contribution >= 4 is 15.7 Å². The molecule has 0 fully saturated rings. The summed E-state index contributed by atoms with van der Waals surface area (Å²) in [7, 11) is -3.41. The van der Waals surface area contributed by atoms with Crippen LogP contribution in [-0.2, 0) is 10.0 Å². The number of benzene rings is 1. The first-order chi connectivity index (χ1) is 9.53. The van der Waals surface area contributed by atoms with Gasteiger partial charge < -0.3 is 10.2 Å². The zero-order chi connectivity index (χ0) is 15.0. The Balaban J connectivity index is 2.59. The third kappa shape index (κ3) is 5.11. The maximum Gasteiger partial charge on any atom is 0.240 e. The van der Waals surface area contributed by atoms with E-state index in [0.29, 0.717) is 11.4 Å². The fourth-order valence-corrected chi connectivity index (χ4v) is 2.94. The molecule has 0 bridgehead atoms. The van der Waals surface area contributed by atoms with E-state index >= 15 is 0 Å². The molecule has 0 atom stereocenters. The molecule has 0 aromatic heterocycles. The number of rotatable bonds is 9. The van der Waals surface area contributed by atoms with Crippen LogP contribution < -0.4 is 10.0 Å². The summed E-state index contributed by atoms with van der Waals surface area (Å²) in [5, 5.41) is 3.14. The third-order valence-corrected chi connectivity index (χ3v) is 4.64. The lowest BCUT2D eigenvalue weighted by Crippen LogP contribution is -2.34. The quantitative estimate of drug-likeness (QED) is 0.729. The van der Waals surface area contributed by atoms with E-state index in [0.717, 1.165) is 31.9 Å². The summed E-state index contributed by atoms with van der Waals surface area (Å²) >= 11 is 0. The molecular weight excluding hydrogens is 274 g/mol. The minimum Gasteiger partial charge on any atom is -0.385 e. The van der Waals surface area contributed by atoms with Crippen LogP contribution >= 0.6 is 0 Å². The second-order valence-electron chi connectivity index (χ2n) is 4.48. The topological polar surface area (TPSA) is 61.4 Å². The van der Waals surface area contributed by atoms with Crippen molar-refractivity contribution in [1.29, 1.82) is 0 Å². The van der Waals surface area contributed by atoms with Crippen molar-refractivity contribution in [3.63, 3.8) is 0 Å².